The number of morpholine rings is 1. The maximum absolute atomic E-state index is 12.9. The number of thiocarbonyl (C=S) groups is 1. The molecule has 4 rings (SSSR count). The minimum absolute atomic E-state index is 0.0775. The van der Waals surface area contributed by atoms with E-state index in [-0.39, 0.29) is 18.4 Å². The van der Waals surface area contributed by atoms with E-state index in [1.54, 1.807) is 4.90 Å². The van der Waals surface area contributed by atoms with Gasteiger partial charge in [-0.15, -0.1) is 0 Å². The van der Waals surface area contributed by atoms with Crippen molar-refractivity contribution in [3.05, 3.63) is 41.2 Å². The van der Waals surface area contributed by atoms with Gasteiger partial charge in [0.05, 0.1) is 18.7 Å². The molecule has 30 heavy (non-hydrogen) atoms. The van der Waals surface area contributed by atoms with Crippen LogP contribution in [-0.2, 0) is 27.3 Å². The number of para-hydroxylation sites is 1. The number of nitrogens with one attached hydrogen (secondary N) is 1. The number of carbonyl (C=O) groups excluding carboxylic acids is 2. The highest BCUT2D eigenvalue weighted by molar-refractivity contribution is 7.80. The number of likely N-dealkylation sites (N-methyl/N-ethyl adjacent to an activating group) is 1. The molecular formula is C22H26N4O3S. The molecule has 2 aliphatic heterocycles. The normalized spacial score (nSPS) is 18.5. The zero-order valence-corrected chi connectivity index (χ0v) is 18.1. The molecule has 0 radical (unpaired) electrons. The van der Waals surface area contributed by atoms with Crippen molar-refractivity contribution in [3.63, 3.8) is 0 Å². The molecule has 3 heterocycles. The van der Waals surface area contributed by atoms with Gasteiger partial charge in [-0.1, -0.05) is 25.1 Å². The molecule has 1 aromatic heterocycles. The van der Waals surface area contributed by atoms with E-state index in [2.05, 4.69) is 18.3 Å². The van der Waals surface area contributed by atoms with Gasteiger partial charge >= 0.3 is 0 Å². The number of rotatable bonds is 5. The SMILES string of the molecule is CCc1cccc2c(/C=C3\NC(=S)N(CC)C3=O)cn(CC(=O)N3CCOCC3)c12. The fourth-order valence-corrected chi connectivity index (χ4v) is 4.39. The van der Waals surface area contributed by atoms with Gasteiger partial charge in [-0.2, -0.15) is 0 Å². The monoisotopic (exact) mass is 426 g/mol. The van der Waals surface area contributed by atoms with Crippen molar-refractivity contribution in [2.75, 3.05) is 32.8 Å². The van der Waals surface area contributed by atoms with E-state index < -0.39 is 0 Å². The summed E-state index contributed by atoms with van der Waals surface area (Å²) in [5, 5.41) is 4.46. The molecule has 1 aromatic carbocycles. The average molecular weight is 427 g/mol. The van der Waals surface area contributed by atoms with Crippen LogP contribution in [-0.4, -0.2) is 64.1 Å². The van der Waals surface area contributed by atoms with E-state index in [0.717, 1.165) is 22.9 Å². The van der Waals surface area contributed by atoms with Gasteiger partial charge in [-0.3, -0.25) is 14.5 Å². The fourth-order valence-electron chi connectivity index (χ4n) is 4.06. The Hall–Kier alpha value is -2.71. The molecule has 0 unspecified atom stereocenters. The third-order valence-corrected chi connectivity index (χ3v) is 5.96. The van der Waals surface area contributed by atoms with Crippen molar-refractivity contribution in [2.24, 2.45) is 0 Å². The van der Waals surface area contributed by atoms with E-state index in [1.807, 2.05) is 40.8 Å². The van der Waals surface area contributed by atoms with Crippen LogP contribution in [0.4, 0.5) is 0 Å². The number of aromatic nitrogens is 1. The number of fused-ring (bicyclic) bond motifs is 1. The number of amides is 2. The zero-order valence-electron chi connectivity index (χ0n) is 17.3. The first kappa shape index (κ1) is 20.6. The van der Waals surface area contributed by atoms with E-state index in [4.69, 9.17) is 17.0 Å². The third kappa shape index (κ3) is 3.73. The predicted molar refractivity (Wildman–Crippen MR) is 120 cm³/mol. The molecule has 2 saturated heterocycles. The standard InChI is InChI=1S/C22H26N4O3S/c1-3-15-6-5-7-17-16(12-18-21(28)26(4-2)22(30)23-18)13-25(20(15)17)14-19(27)24-8-10-29-11-9-24/h5-7,12-13H,3-4,8-11,14H2,1-2H3,(H,23,30)/b18-12-. The van der Waals surface area contributed by atoms with Gasteiger partial charge in [0.25, 0.3) is 5.91 Å². The number of hydrogen-bond donors (Lipinski definition) is 1. The van der Waals surface area contributed by atoms with Crippen molar-refractivity contribution in [1.29, 1.82) is 0 Å². The van der Waals surface area contributed by atoms with Crippen LogP contribution in [0.2, 0.25) is 0 Å². The smallest absolute Gasteiger partial charge is 0.276 e. The summed E-state index contributed by atoms with van der Waals surface area (Å²) in [4.78, 5) is 28.9. The molecule has 2 aliphatic rings. The Balaban J connectivity index is 1.73. The van der Waals surface area contributed by atoms with Gasteiger partial charge in [-0.25, -0.2) is 0 Å². The molecule has 2 amide bonds. The van der Waals surface area contributed by atoms with Crippen molar-refractivity contribution < 1.29 is 14.3 Å². The summed E-state index contributed by atoms with van der Waals surface area (Å²) in [6.45, 7) is 7.19. The highest BCUT2D eigenvalue weighted by Crippen LogP contribution is 2.28. The lowest BCUT2D eigenvalue weighted by Gasteiger charge is -2.27. The molecule has 158 valence electrons. The van der Waals surface area contributed by atoms with Crippen LogP contribution in [0.1, 0.15) is 25.0 Å². The van der Waals surface area contributed by atoms with Gasteiger partial charge in [0.2, 0.25) is 5.91 Å². The highest BCUT2D eigenvalue weighted by Gasteiger charge is 2.29. The van der Waals surface area contributed by atoms with Gasteiger partial charge in [0, 0.05) is 36.8 Å². The Morgan fingerprint density at radius 1 is 1.27 bits per heavy atom. The summed E-state index contributed by atoms with van der Waals surface area (Å²) < 4.78 is 7.37. The number of benzene rings is 1. The number of ether oxygens (including phenoxy) is 1. The molecule has 7 nitrogen and oxygen atoms in total. The van der Waals surface area contributed by atoms with E-state index in [9.17, 15) is 9.59 Å². The summed E-state index contributed by atoms with van der Waals surface area (Å²) in [5.74, 6) is -0.0480. The molecule has 1 N–H and O–H groups in total. The quantitative estimate of drug-likeness (QED) is 0.586. The molecule has 8 heteroatoms. The largest absolute Gasteiger partial charge is 0.378 e. The second-order valence-corrected chi connectivity index (χ2v) is 7.80. The van der Waals surface area contributed by atoms with Crippen molar-refractivity contribution >= 4 is 46.1 Å². The van der Waals surface area contributed by atoms with E-state index >= 15 is 0 Å². The summed E-state index contributed by atoms with van der Waals surface area (Å²) in [6.07, 6.45) is 4.65. The Kier molecular flexibility index (Phi) is 5.87. The van der Waals surface area contributed by atoms with Crippen molar-refractivity contribution in [3.8, 4) is 0 Å². The molecule has 0 aliphatic carbocycles. The lowest BCUT2D eigenvalue weighted by atomic mass is 10.1. The second-order valence-electron chi connectivity index (χ2n) is 7.41. The van der Waals surface area contributed by atoms with E-state index in [1.165, 1.54) is 5.56 Å². The van der Waals surface area contributed by atoms with Crippen molar-refractivity contribution in [2.45, 2.75) is 26.8 Å². The van der Waals surface area contributed by atoms with Gasteiger partial charge in [0.15, 0.2) is 5.11 Å². The van der Waals surface area contributed by atoms with Gasteiger partial charge < -0.3 is 19.5 Å². The topological polar surface area (TPSA) is 66.8 Å². The minimum Gasteiger partial charge on any atom is -0.378 e. The first-order chi connectivity index (χ1) is 14.5. The summed E-state index contributed by atoms with van der Waals surface area (Å²) >= 11 is 5.27. The number of aryl methyl sites for hydroxylation is 1. The Morgan fingerprint density at radius 2 is 2.03 bits per heavy atom. The molecular weight excluding hydrogens is 400 g/mol. The average Bonchev–Trinajstić information content (AvgIpc) is 3.24. The summed E-state index contributed by atoms with van der Waals surface area (Å²) in [5.41, 5.74) is 3.56. The minimum atomic E-state index is -0.126. The van der Waals surface area contributed by atoms with Crippen LogP contribution in [0.5, 0.6) is 0 Å². The van der Waals surface area contributed by atoms with Crippen LogP contribution in [0.15, 0.2) is 30.1 Å². The van der Waals surface area contributed by atoms with Crippen LogP contribution in [0.25, 0.3) is 17.0 Å². The third-order valence-electron chi connectivity index (χ3n) is 5.64. The Labute approximate surface area is 181 Å². The molecule has 0 saturated carbocycles. The van der Waals surface area contributed by atoms with E-state index in [0.29, 0.717) is 43.7 Å². The maximum Gasteiger partial charge on any atom is 0.276 e. The summed E-state index contributed by atoms with van der Waals surface area (Å²) in [7, 11) is 0. The van der Waals surface area contributed by atoms with Crippen molar-refractivity contribution in [1.82, 2.24) is 19.7 Å². The maximum atomic E-state index is 12.9. The Morgan fingerprint density at radius 3 is 2.70 bits per heavy atom. The number of carbonyl (C=O) groups is 2. The van der Waals surface area contributed by atoms with Crippen LogP contribution in [0, 0.1) is 0 Å². The van der Waals surface area contributed by atoms with Crippen LogP contribution < -0.4 is 5.32 Å². The molecule has 0 bridgehead atoms. The predicted octanol–water partition coefficient (Wildman–Crippen LogP) is 2.14. The molecule has 0 atom stereocenters. The highest BCUT2D eigenvalue weighted by atomic mass is 32.1. The first-order valence-corrected chi connectivity index (χ1v) is 10.7. The number of hydrogen-bond acceptors (Lipinski definition) is 4. The Bertz CT molecular complexity index is 1040. The first-order valence-electron chi connectivity index (χ1n) is 10.3. The second kappa shape index (κ2) is 8.57. The summed E-state index contributed by atoms with van der Waals surface area (Å²) in [6, 6.07) is 6.14. The molecule has 0 spiro atoms. The number of nitrogens with zero attached hydrogens (tertiary/aromatic N) is 3. The lowest BCUT2D eigenvalue weighted by molar-refractivity contribution is -0.135. The zero-order chi connectivity index (χ0) is 21.3. The van der Waals surface area contributed by atoms with Gasteiger partial charge in [-0.05, 0) is 37.2 Å². The van der Waals surface area contributed by atoms with Crippen LogP contribution in [0.3, 0.4) is 0 Å². The fraction of sp³-hybridized carbons (Fsp3) is 0.409. The van der Waals surface area contributed by atoms with Gasteiger partial charge in [0.1, 0.15) is 12.2 Å². The van der Waals surface area contributed by atoms with Crippen LogP contribution >= 0.6 is 12.2 Å². The lowest BCUT2D eigenvalue weighted by Crippen LogP contribution is -2.42. The molecule has 2 fully saturated rings. The molecule has 2 aromatic rings.